The van der Waals surface area contributed by atoms with Crippen LogP contribution >= 0.6 is 11.3 Å². The average molecular weight is 808 g/mol. The van der Waals surface area contributed by atoms with Gasteiger partial charge in [-0.3, -0.25) is 0 Å². The highest BCUT2D eigenvalue weighted by atomic mass is 32.1. The molecule has 0 saturated carbocycles. The summed E-state index contributed by atoms with van der Waals surface area (Å²) in [5.74, 6) is 0. The van der Waals surface area contributed by atoms with Crippen LogP contribution in [-0.4, -0.2) is 0 Å². The second-order valence-electron chi connectivity index (χ2n) is 15.8. The predicted molar refractivity (Wildman–Crippen MR) is 267 cm³/mol. The summed E-state index contributed by atoms with van der Waals surface area (Å²) in [4.78, 5) is 2.36. The first-order valence-corrected chi connectivity index (χ1v) is 22.0. The summed E-state index contributed by atoms with van der Waals surface area (Å²) in [6.45, 7) is 0. The molecule has 0 fully saturated rings. The van der Waals surface area contributed by atoms with Gasteiger partial charge in [-0.15, -0.1) is 11.3 Å². The van der Waals surface area contributed by atoms with Crippen molar-refractivity contribution in [1.29, 1.82) is 0 Å². The fourth-order valence-corrected chi connectivity index (χ4v) is 9.78. The Kier molecular flexibility index (Phi) is 9.82. The van der Waals surface area contributed by atoms with Crippen LogP contribution in [-0.2, 0) is 0 Å². The van der Waals surface area contributed by atoms with Crippen LogP contribution in [0.1, 0.15) is 0 Å². The minimum Gasteiger partial charge on any atom is -0.311 e. The molecule has 1 aromatic heterocycles. The number of nitrogens with zero attached hydrogens (tertiary/aromatic N) is 1. The summed E-state index contributed by atoms with van der Waals surface area (Å²) in [5, 5.41) is 2.64. The van der Waals surface area contributed by atoms with Crippen LogP contribution in [0.5, 0.6) is 0 Å². The number of hydrogen-bond donors (Lipinski definition) is 0. The Morgan fingerprint density at radius 2 is 0.516 bits per heavy atom. The Morgan fingerprint density at radius 1 is 0.210 bits per heavy atom. The van der Waals surface area contributed by atoms with Gasteiger partial charge in [-0.1, -0.05) is 182 Å². The number of rotatable bonds is 9. The van der Waals surface area contributed by atoms with Crippen molar-refractivity contribution in [2.45, 2.75) is 0 Å². The van der Waals surface area contributed by atoms with E-state index in [1.807, 2.05) is 11.3 Å². The van der Waals surface area contributed by atoms with Crippen LogP contribution in [0.25, 0.3) is 86.9 Å². The molecular weight excluding hydrogens is 767 g/mol. The van der Waals surface area contributed by atoms with Gasteiger partial charge in [0.1, 0.15) is 0 Å². The molecule has 62 heavy (non-hydrogen) atoms. The van der Waals surface area contributed by atoms with Crippen LogP contribution < -0.4 is 4.90 Å². The van der Waals surface area contributed by atoms with Gasteiger partial charge in [-0.2, -0.15) is 0 Å². The quantitative estimate of drug-likeness (QED) is 0.140. The number of benzene rings is 10. The minimum absolute atomic E-state index is 1.09. The monoisotopic (exact) mass is 807 g/mol. The minimum atomic E-state index is 1.09. The van der Waals surface area contributed by atoms with E-state index in [-0.39, 0.29) is 0 Å². The highest BCUT2D eigenvalue weighted by Gasteiger charge is 2.16. The Labute approximate surface area is 367 Å². The van der Waals surface area contributed by atoms with Crippen molar-refractivity contribution in [1.82, 2.24) is 0 Å². The van der Waals surface area contributed by atoms with Crippen molar-refractivity contribution in [3.8, 4) is 66.8 Å². The van der Waals surface area contributed by atoms with Crippen molar-refractivity contribution < 1.29 is 0 Å². The molecule has 11 rings (SSSR count). The number of anilines is 3. The lowest BCUT2D eigenvalue weighted by Crippen LogP contribution is -2.09. The Hall–Kier alpha value is -7.78. The lowest BCUT2D eigenvalue weighted by molar-refractivity contribution is 1.28. The van der Waals surface area contributed by atoms with Crippen molar-refractivity contribution >= 4 is 48.6 Å². The van der Waals surface area contributed by atoms with E-state index in [0.717, 1.165) is 17.1 Å². The molecule has 0 saturated heterocycles. The van der Waals surface area contributed by atoms with E-state index >= 15 is 0 Å². The van der Waals surface area contributed by atoms with E-state index < -0.39 is 0 Å². The van der Waals surface area contributed by atoms with Gasteiger partial charge < -0.3 is 4.90 Å². The molecule has 0 bridgehead atoms. The van der Waals surface area contributed by atoms with Crippen molar-refractivity contribution in [2.24, 2.45) is 0 Å². The third-order valence-corrected chi connectivity index (χ3v) is 13.0. The van der Waals surface area contributed by atoms with Gasteiger partial charge in [0.15, 0.2) is 0 Å². The molecule has 10 aromatic carbocycles. The molecule has 0 aliphatic carbocycles. The van der Waals surface area contributed by atoms with E-state index in [2.05, 4.69) is 254 Å². The normalized spacial score (nSPS) is 11.2. The second-order valence-corrected chi connectivity index (χ2v) is 16.8. The molecule has 0 aliphatic rings. The Bertz CT molecular complexity index is 3220. The summed E-state index contributed by atoms with van der Waals surface area (Å²) < 4.78 is 2.64. The standard InChI is InChI=1S/C60H41NS/c1-4-12-42(13-5-1)45-20-22-46(23-21-45)47-24-31-54(32-25-47)61(55-33-26-48(27-34-55)50-30-37-58-57-18-10-11-19-59(57)62-60(58)41-50)56-35-28-49(29-36-56)53-39-51(43-14-6-2-7-15-43)38-52(40-53)44-16-8-3-9-17-44/h1-41H. The number of hydrogen-bond acceptors (Lipinski definition) is 2. The molecule has 11 aromatic rings. The predicted octanol–water partition coefficient (Wildman–Crippen LogP) is 17.5. The zero-order chi connectivity index (χ0) is 41.2. The second kappa shape index (κ2) is 16.3. The molecule has 0 spiro atoms. The maximum absolute atomic E-state index is 2.36. The lowest BCUT2D eigenvalue weighted by atomic mass is 9.93. The summed E-state index contributed by atoms with van der Waals surface area (Å²) in [6, 6.07) is 90.3. The van der Waals surface area contributed by atoms with Crippen LogP contribution in [0.3, 0.4) is 0 Å². The molecule has 1 heterocycles. The summed E-state index contributed by atoms with van der Waals surface area (Å²) >= 11 is 1.86. The van der Waals surface area contributed by atoms with Crippen LogP contribution in [0.2, 0.25) is 0 Å². The highest BCUT2D eigenvalue weighted by Crippen LogP contribution is 2.41. The average Bonchev–Trinajstić information content (AvgIpc) is 3.74. The van der Waals surface area contributed by atoms with Gasteiger partial charge in [0, 0.05) is 37.2 Å². The van der Waals surface area contributed by atoms with Gasteiger partial charge in [-0.05, 0) is 133 Å². The zero-order valence-corrected chi connectivity index (χ0v) is 34.8. The summed E-state index contributed by atoms with van der Waals surface area (Å²) in [7, 11) is 0. The Balaban J connectivity index is 0.955. The molecule has 0 radical (unpaired) electrons. The first-order chi connectivity index (χ1) is 30.7. The Morgan fingerprint density at radius 3 is 0.968 bits per heavy atom. The van der Waals surface area contributed by atoms with Gasteiger partial charge in [0.05, 0.1) is 0 Å². The SMILES string of the molecule is c1ccc(-c2ccc(-c3ccc(N(c4ccc(-c5cc(-c6ccccc6)cc(-c6ccccc6)c5)cc4)c4ccc(-c5ccc6c(c5)sc5ccccc56)cc4)cc3)cc2)cc1. The molecule has 0 aliphatic heterocycles. The molecule has 0 atom stereocenters. The number of thiophene rings is 1. The van der Waals surface area contributed by atoms with Crippen molar-refractivity contribution in [2.75, 3.05) is 4.90 Å². The molecule has 1 nitrogen and oxygen atoms in total. The highest BCUT2D eigenvalue weighted by molar-refractivity contribution is 7.25. The van der Waals surface area contributed by atoms with Gasteiger partial charge in [0.25, 0.3) is 0 Å². The third-order valence-electron chi connectivity index (χ3n) is 11.9. The lowest BCUT2D eigenvalue weighted by Gasteiger charge is -2.26. The first-order valence-electron chi connectivity index (χ1n) is 21.1. The fraction of sp³-hybridized carbons (Fsp3) is 0. The topological polar surface area (TPSA) is 3.24 Å². The van der Waals surface area contributed by atoms with Crippen LogP contribution in [0, 0.1) is 0 Å². The molecular formula is C60H41NS. The van der Waals surface area contributed by atoms with Crippen LogP contribution in [0.15, 0.2) is 249 Å². The van der Waals surface area contributed by atoms with E-state index in [9.17, 15) is 0 Å². The molecule has 2 heteroatoms. The summed E-state index contributed by atoms with van der Waals surface area (Å²) in [5.41, 5.74) is 17.7. The molecule has 0 amide bonds. The van der Waals surface area contributed by atoms with E-state index in [4.69, 9.17) is 0 Å². The fourth-order valence-electron chi connectivity index (χ4n) is 8.64. The third kappa shape index (κ3) is 7.38. The van der Waals surface area contributed by atoms with Crippen molar-refractivity contribution in [3.05, 3.63) is 249 Å². The van der Waals surface area contributed by atoms with Gasteiger partial charge in [0.2, 0.25) is 0 Å². The maximum Gasteiger partial charge on any atom is 0.0462 e. The first kappa shape index (κ1) is 37.2. The molecule has 0 N–H and O–H groups in total. The van der Waals surface area contributed by atoms with Crippen LogP contribution in [0.4, 0.5) is 17.1 Å². The van der Waals surface area contributed by atoms with Gasteiger partial charge >= 0.3 is 0 Å². The van der Waals surface area contributed by atoms with E-state index in [1.165, 1.54) is 86.9 Å². The molecule has 0 unspecified atom stereocenters. The zero-order valence-electron chi connectivity index (χ0n) is 34.0. The van der Waals surface area contributed by atoms with E-state index in [1.54, 1.807) is 0 Å². The van der Waals surface area contributed by atoms with Crippen molar-refractivity contribution in [3.63, 3.8) is 0 Å². The molecule has 292 valence electrons. The number of fused-ring (bicyclic) bond motifs is 3. The summed E-state index contributed by atoms with van der Waals surface area (Å²) in [6.07, 6.45) is 0. The smallest absolute Gasteiger partial charge is 0.0462 e. The van der Waals surface area contributed by atoms with E-state index in [0.29, 0.717) is 0 Å². The van der Waals surface area contributed by atoms with Gasteiger partial charge in [-0.25, -0.2) is 0 Å². The maximum atomic E-state index is 2.36. The largest absolute Gasteiger partial charge is 0.311 e.